The smallest absolute Gasteiger partial charge is 0.322 e. The Hall–Kier alpha value is -2.71. The van der Waals surface area contributed by atoms with E-state index in [-0.39, 0.29) is 25.1 Å². The molecule has 1 fully saturated rings. The number of benzene rings is 2. The fourth-order valence-electron chi connectivity index (χ4n) is 3.42. The summed E-state index contributed by atoms with van der Waals surface area (Å²) in [6.45, 7) is 2.00. The van der Waals surface area contributed by atoms with Gasteiger partial charge in [0.15, 0.2) is 0 Å². The highest BCUT2D eigenvalue weighted by atomic mass is 32.2. The molecule has 8 heteroatoms. The van der Waals surface area contributed by atoms with E-state index in [1.807, 2.05) is 53.1 Å². The largest absolute Gasteiger partial charge is 0.496 e. The number of carbonyl (C=O) groups is 2. The average Bonchev–Trinajstić information content (AvgIpc) is 2.81. The number of thioether (sulfide) groups is 1. The van der Waals surface area contributed by atoms with Crippen molar-refractivity contribution in [1.82, 2.24) is 9.80 Å². The first-order chi connectivity index (χ1) is 15.1. The van der Waals surface area contributed by atoms with Gasteiger partial charge >= 0.3 is 6.03 Å². The number of carbonyl (C=O) groups excluding carboxylic acids is 2. The number of nitrogens with one attached hydrogen (secondary N) is 1. The molecule has 0 radical (unpaired) electrons. The van der Waals surface area contributed by atoms with Crippen LogP contribution in [-0.2, 0) is 17.8 Å². The number of para-hydroxylation sites is 1. The van der Waals surface area contributed by atoms with Crippen molar-refractivity contribution >= 4 is 29.4 Å². The molecule has 166 valence electrons. The van der Waals surface area contributed by atoms with Crippen molar-refractivity contribution in [3.63, 3.8) is 0 Å². The highest BCUT2D eigenvalue weighted by molar-refractivity contribution is 7.99. The van der Waals surface area contributed by atoms with E-state index >= 15 is 0 Å². The number of amides is 3. The van der Waals surface area contributed by atoms with Gasteiger partial charge in [-0.2, -0.15) is 11.8 Å². The Balaban J connectivity index is 1.59. The zero-order valence-electron chi connectivity index (χ0n) is 17.8. The molecule has 0 aromatic heterocycles. The fraction of sp³-hybridized carbons (Fsp3) is 0.391. The molecule has 1 aliphatic rings. The number of nitrogens with zero attached hydrogens (tertiary/aromatic N) is 2. The van der Waals surface area contributed by atoms with Gasteiger partial charge in [0.2, 0.25) is 5.91 Å². The van der Waals surface area contributed by atoms with Crippen molar-refractivity contribution in [2.24, 2.45) is 0 Å². The molecule has 1 heterocycles. The number of hydrogen-bond donors (Lipinski definition) is 2. The normalized spacial score (nSPS) is 13.5. The lowest BCUT2D eigenvalue weighted by molar-refractivity contribution is -0.130. The summed E-state index contributed by atoms with van der Waals surface area (Å²) < 4.78 is 5.36. The van der Waals surface area contributed by atoms with Gasteiger partial charge in [-0.25, -0.2) is 4.79 Å². The first kappa shape index (κ1) is 23.0. The molecule has 3 rings (SSSR count). The van der Waals surface area contributed by atoms with Crippen molar-refractivity contribution in [3.05, 3.63) is 59.7 Å². The highest BCUT2D eigenvalue weighted by Crippen LogP contribution is 2.20. The fourth-order valence-corrected chi connectivity index (χ4v) is 4.32. The summed E-state index contributed by atoms with van der Waals surface area (Å²) >= 11 is 1.88. The number of urea groups is 1. The first-order valence-electron chi connectivity index (χ1n) is 10.3. The summed E-state index contributed by atoms with van der Waals surface area (Å²) in [5.41, 5.74) is 2.42. The van der Waals surface area contributed by atoms with Gasteiger partial charge in [-0.1, -0.05) is 30.3 Å². The molecule has 0 atom stereocenters. The Morgan fingerprint density at radius 1 is 1.13 bits per heavy atom. The lowest BCUT2D eigenvalue weighted by atomic mass is 10.1. The van der Waals surface area contributed by atoms with Crippen molar-refractivity contribution in [2.75, 3.05) is 50.2 Å². The number of rotatable bonds is 8. The Kier molecular flexibility index (Phi) is 8.61. The second-order valence-corrected chi connectivity index (χ2v) is 8.48. The van der Waals surface area contributed by atoms with Crippen LogP contribution < -0.4 is 10.1 Å². The summed E-state index contributed by atoms with van der Waals surface area (Å²) in [6.07, 6.45) is 0.364. The second-order valence-electron chi connectivity index (χ2n) is 7.25. The minimum atomic E-state index is -0.311. The van der Waals surface area contributed by atoms with E-state index in [1.54, 1.807) is 19.2 Å². The number of anilines is 1. The lowest BCUT2D eigenvalue weighted by Gasteiger charge is -2.26. The van der Waals surface area contributed by atoms with Crippen LogP contribution in [0.2, 0.25) is 0 Å². The van der Waals surface area contributed by atoms with Gasteiger partial charge in [-0.05, 0) is 23.8 Å². The molecule has 0 spiro atoms. The van der Waals surface area contributed by atoms with Gasteiger partial charge in [0.05, 0.1) is 26.7 Å². The minimum absolute atomic E-state index is 0.140. The van der Waals surface area contributed by atoms with E-state index in [4.69, 9.17) is 4.74 Å². The maximum Gasteiger partial charge on any atom is 0.322 e. The molecule has 1 saturated heterocycles. The topological polar surface area (TPSA) is 82.1 Å². The van der Waals surface area contributed by atoms with Crippen molar-refractivity contribution < 1.29 is 19.4 Å². The summed E-state index contributed by atoms with van der Waals surface area (Å²) in [7, 11) is 1.59. The second kappa shape index (κ2) is 11.6. The number of methoxy groups -OCH3 is 1. The van der Waals surface area contributed by atoms with Gasteiger partial charge < -0.3 is 25.0 Å². The van der Waals surface area contributed by atoms with Crippen molar-refractivity contribution in [1.29, 1.82) is 0 Å². The third kappa shape index (κ3) is 6.63. The SMILES string of the molecule is COc1ccccc1CN(CCO)C(=O)Nc1ccc(CC(=O)N2CCSCC2)cc1. The first-order valence-corrected chi connectivity index (χ1v) is 11.5. The number of ether oxygens (including phenoxy) is 1. The molecule has 2 aromatic carbocycles. The monoisotopic (exact) mass is 443 g/mol. The van der Waals surface area contributed by atoms with Crippen LogP contribution in [0.3, 0.4) is 0 Å². The highest BCUT2D eigenvalue weighted by Gasteiger charge is 2.18. The van der Waals surface area contributed by atoms with Crippen LogP contribution in [0, 0.1) is 0 Å². The van der Waals surface area contributed by atoms with Crippen LogP contribution in [0.15, 0.2) is 48.5 Å². The van der Waals surface area contributed by atoms with Gasteiger partial charge in [-0.15, -0.1) is 0 Å². The van der Waals surface area contributed by atoms with Crippen LogP contribution in [0.1, 0.15) is 11.1 Å². The quantitative estimate of drug-likeness (QED) is 0.656. The molecule has 0 bridgehead atoms. The zero-order chi connectivity index (χ0) is 22.1. The molecule has 7 nitrogen and oxygen atoms in total. The maximum atomic E-state index is 12.8. The van der Waals surface area contributed by atoms with Gasteiger partial charge in [0, 0.05) is 42.4 Å². The van der Waals surface area contributed by atoms with Crippen molar-refractivity contribution in [3.8, 4) is 5.75 Å². The molecule has 1 aliphatic heterocycles. The Labute approximate surface area is 187 Å². The molecule has 0 aliphatic carbocycles. The molecular weight excluding hydrogens is 414 g/mol. The van der Waals surface area contributed by atoms with E-state index in [1.165, 1.54) is 4.90 Å². The molecule has 2 aromatic rings. The molecule has 0 unspecified atom stereocenters. The average molecular weight is 444 g/mol. The summed E-state index contributed by atoms with van der Waals surface area (Å²) in [4.78, 5) is 28.6. The molecule has 0 saturated carbocycles. The molecular formula is C23H29N3O4S. The Morgan fingerprint density at radius 3 is 2.52 bits per heavy atom. The van der Waals surface area contributed by atoms with E-state index in [0.717, 1.165) is 35.7 Å². The predicted molar refractivity (Wildman–Crippen MR) is 124 cm³/mol. The summed E-state index contributed by atoms with van der Waals surface area (Å²) in [6, 6.07) is 14.5. The van der Waals surface area contributed by atoms with E-state index in [2.05, 4.69) is 5.32 Å². The summed E-state index contributed by atoms with van der Waals surface area (Å²) in [5, 5.41) is 12.3. The molecule has 2 N–H and O–H groups in total. The number of aliphatic hydroxyl groups excluding tert-OH is 1. The minimum Gasteiger partial charge on any atom is -0.496 e. The van der Waals surface area contributed by atoms with Crippen LogP contribution in [0.4, 0.5) is 10.5 Å². The molecule has 3 amide bonds. The standard InChI is InChI=1S/C23H29N3O4S/c1-30-21-5-3-2-4-19(21)17-26(10-13-27)23(29)24-20-8-6-18(7-9-20)16-22(28)25-11-14-31-15-12-25/h2-9,27H,10-17H2,1H3,(H,24,29). The van der Waals surface area contributed by atoms with Crippen LogP contribution >= 0.6 is 11.8 Å². The van der Waals surface area contributed by atoms with E-state index in [0.29, 0.717) is 24.4 Å². The van der Waals surface area contributed by atoms with Gasteiger partial charge in [0.25, 0.3) is 0 Å². The lowest BCUT2D eigenvalue weighted by Crippen LogP contribution is -2.38. The number of aliphatic hydroxyl groups is 1. The van der Waals surface area contributed by atoms with E-state index < -0.39 is 0 Å². The number of hydrogen-bond acceptors (Lipinski definition) is 5. The van der Waals surface area contributed by atoms with Crippen LogP contribution in [0.5, 0.6) is 5.75 Å². The van der Waals surface area contributed by atoms with Crippen LogP contribution in [-0.4, -0.2) is 71.7 Å². The summed E-state index contributed by atoms with van der Waals surface area (Å²) in [5.74, 6) is 2.83. The third-order valence-electron chi connectivity index (χ3n) is 5.14. The molecule has 31 heavy (non-hydrogen) atoms. The van der Waals surface area contributed by atoms with Gasteiger partial charge in [-0.3, -0.25) is 4.79 Å². The predicted octanol–water partition coefficient (Wildman–Crippen LogP) is 2.84. The van der Waals surface area contributed by atoms with Gasteiger partial charge in [0.1, 0.15) is 5.75 Å². The third-order valence-corrected chi connectivity index (χ3v) is 6.08. The van der Waals surface area contributed by atoms with Crippen LogP contribution in [0.25, 0.3) is 0 Å². The van der Waals surface area contributed by atoms with Crippen molar-refractivity contribution in [2.45, 2.75) is 13.0 Å². The zero-order valence-corrected chi connectivity index (χ0v) is 18.6. The Bertz CT molecular complexity index is 869. The van der Waals surface area contributed by atoms with E-state index in [9.17, 15) is 14.7 Å². The maximum absolute atomic E-state index is 12.8. The Morgan fingerprint density at radius 2 is 1.84 bits per heavy atom.